The molecule has 5 nitrogen and oxygen atoms in total. The highest BCUT2D eigenvalue weighted by Gasteiger charge is 2.07. The standard InChI is InChI=1S/C9H9ClN4O/c1-15-6-14-9(11-12-13-14)7-2-4-8(10)5-3-7/h2-5H,6H2,1H3. The lowest BCUT2D eigenvalue weighted by Gasteiger charge is -2.02. The second-order valence-electron chi connectivity index (χ2n) is 2.93. The monoisotopic (exact) mass is 224 g/mol. The lowest BCUT2D eigenvalue weighted by molar-refractivity contribution is 0.120. The molecule has 0 saturated heterocycles. The first-order valence-electron chi connectivity index (χ1n) is 4.32. The van der Waals surface area contributed by atoms with Crippen LogP contribution < -0.4 is 0 Å². The molecular weight excluding hydrogens is 216 g/mol. The Morgan fingerprint density at radius 1 is 1.33 bits per heavy atom. The summed E-state index contributed by atoms with van der Waals surface area (Å²) in [5.41, 5.74) is 0.904. The van der Waals surface area contributed by atoms with Crippen LogP contribution in [0.3, 0.4) is 0 Å². The average molecular weight is 225 g/mol. The largest absolute Gasteiger partial charge is 0.362 e. The van der Waals surface area contributed by atoms with Crippen molar-refractivity contribution in [3.8, 4) is 11.4 Å². The van der Waals surface area contributed by atoms with E-state index < -0.39 is 0 Å². The third kappa shape index (κ3) is 2.14. The number of methoxy groups -OCH3 is 1. The van der Waals surface area contributed by atoms with Crippen molar-refractivity contribution in [2.45, 2.75) is 6.73 Å². The van der Waals surface area contributed by atoms with E-state index in [4.69, 9.17) is 16.3 Å². The van der Waals surface area contributed by atoms with Crippen LogP contribution in [-0.4, -0.2) is 27.3 Å². The molecule has 15 heavy (non-hydrogen) atoms. The molecule has 0 N–H and O–H groups in total. The SMILES string of the molecule is COCn1nnnc1-c1ccc(Cl)cc1. The molecule has 0 aliphatic rings. The summed E-state index contributed by atoms with van der Waals surface area (Å²) in [4.78, 5) is 0. The summed E-state index contributed by atoms with van der Waals surface area (Å²) >= 11 is 5.79. The summed E-state index contributed by atoms with van der Waals surface area (Å²) in [5, 5.41) is 12.0. The van der Waals surface area contributed by atoms with Gasteiger partial charge in [-0.15, -0.1) is 5.10 Å². The molecule has 0 atom stereocenters. The number of rotatable bonds is 3. The minimum Gasteiger partial charge on any atom is -0.362 e. The zero-order chi connectivity index (χ0) is 10.7. The molecule has 1 aromatic carbocycles. The summed E-state index contributed by atoms with van der Waals surface area (Å²) in [5.74, 6) is 0.661. The van der Waals surface area contributed by atoms with E-state index in [1.165, 1.54) is 0 Å². The Labute approximate surface area is 91.6 Å². The van der Waals surface area contributed by atoms with Crippen LogP contribution in [0.1, 0.15) is 0 Å². The molecule has 0 radical (unpaired) electrons. The predicted molar refractivity (Wildman–Crippen MR) is 55.3 cm³/mol. The molecule has 0 saturated carbocycles. The third-order valence-electron chi connectivity index (χ3n) is 1.89. The van der Waals surface area contributed by atoms with Gasteiger partial charge in [-0.25, -0.2) is 0 Å². The molecule has 1 heterocycles. The minimum absolute atomic E-state index is 0.324. The zero-order valence-electron chi connectivity index (χ0n) is 8.09. The smallest absolute Gasteiger partial charge is 0.184 e. The fourth-order valence-electron chi connectivity index (χ4n) is 1.22. The van der Waals surface area contributed by atoms with Crippen molar-refractivity contribution in [3.63, 3.8) is 0 Å². The quantitative estimate of drug-likeness (QED) is 0.795. The van der Waals surface area contributed by atoms with Crippen LogP contribution in [0, 0.1) is 0 Å². The van der Waals surface area contributed by atoms with E-state index in [-0.39, 0.29) is 0 Å². The molecule has 2 aromatic rings. The van der Waals surface area contributed by atoms with Gasteiger partial charge in [0.15, 0.2) is 5.82 Å². The Kier molecular flexibility index (Phi) is 2.94. The van der Waals surface area contributed by atoms with Crippen LogP contribution in [0.15, 0.2) is 24.3 Å². The number of aromatic nitrogens is 4. The van der Waals surface area contributed by atoms with Gasteiger partial charge in [-0.3, -0.25) is 0 Å². The number of tetrazole rings is 1. The lowest BCUT2D eigenvalue weighted by Crippen LogP contribution is -2.04. The van der Waals surface area contributed by atoms with Crippen LogP contribution in [0.5, 0.6) is 0 Å². The number of benzene rings is 1. The molecule has 1 aromatic heterocycles. The van der Waals surface area contributed by atoms with E-state index in [2.05, 4.69) is 15.5 Å². The van der Waals surface area contributed by atoms with Crippen LogP contribution >= 0.6 is 11.6 Å². The first-order chi connectivity index (χ1) is 7.31. The molecule has 0 unspecified atom stereocenters. The maximum absolute atomic E-state index is 5.79. The fourth-order valence-corrected chi connectivity index (χ4v) is 1.35. The predicted octanol–water partition coefficient (Wildman–Crippen LogP) is 1.60. The number of halogens is 1. The van der Waals surface area contributed by atoms with Gasteiger partial charge in [0, 0.05) is 17.7 Å². The molecule has 0 aliphatic carbocycles. The van der Waals surface area contributed by atoms with Crippen LogP contribution in [0.4, 0.5) is 0 Å². The van der Waals surface area contributed by atoms with Gasteiger partial charge in [0.05, 0.1) is 0 Å². The van der Waals surface area contributed by atoms with E-state index in [0.717, 1.165) is 5.56 Å². The van der Waals surface area contributed by atoms with Crippen molar-refractivity contribution in [2.24, 2.45) is 0 Å². The molecule has 6 heteroatoms. The minimum atomic E-state index is 0.324. The van der Waals surface area contributed by atoms with Gasteiger partial charge in [0.2, 0.25) is 0 Å². The maximum Gasteiger partial charge on any atom is 0.184 e. The summed E-state index contributed by atoms with van der Waals surface area (Å²) in [6.45, 7) is 0.324. The van der Waals surface area contributed by atoms with Gasteiger partial charge in [-0.1, -0.05) is 11.6 Å². The Morgan fingerprint density at radius 2 is 2.07 bits per heavy atom. The van der Waals surface area contributed by atoms with Gasteiger partial charge >= 0.3 is 0 Å². The Bertz CT molecular complexity index is 440. The van der Waals surface area contributed by atoms with Gasteiger partial charge in [0.1, 0.15) is 6.73 Å². The first-order valence-corrected chi connectivity index (χ1v) is 4.70. The molecule has 78 valence electrons. The first kappa shape index (κ1) is 10.1. The van der Waals surface area contributed by atoms with E-state index >= 15 is 0 Å². The van der Waals surface area contributed by atoms with Gasteiger partial charge in [-0.05, 0) is 34.7 Å². The topological polar surface area (TPSA) is 52.8 Å². The highest BCUT2D eigenvalue weighted by Crippen LogP contribution is 2.18. The van der Waals surface area contributed by atoms with E-state index in [1.807, 2.05) is 12.1 Å². The third-order valence-corrected chi connectivity index (χ3v) is 2.14. The van der Waals surface area contributed by atoms with E-state index in [1.54, 1.807) is 23.9 Å². The molecule has 0 fully saturated rings. The normalized spacial score (nSPS) is 10.5. The van der Waals surface area contributed by atoms with Crippen molar-refractivity contribution in [2.75, 3.05) is 7.11 Å². The highest BCUT2D eigenvalue weighted by atomic mass is 35.5. The summed E-state index contributed by atoms with van der Waals surface area (Å²) in [6, 6.07) is 7.31. The van der Waals surface area contributed by atoms with Crippen LogP contribution in [-0.2, 0) is 11.5 Å². The molecule has 0 aliphatic heterocycles. The lowest BCUT2D eigenvalue weighted by atomic mass is 10.2. The van der Waals surface area contributed by atoms with E-state index in [9.17, 15) is 0 Å². The van der Waals surface area contributed by atoms with Gasteiger partial charge in [-0.2, -0.15) is 4.68 Å². The highest BCUT2D eigenvalue weighted by molar-refractivity contribution is 6.30. The Hall–Kier alpha value is -1.46. The second-order valence-corrected chi connectivity index (χ2v) is 3.36. The van der Waals surface area contributed by atoms with E-state index in [0.29, 0.717) is 17.6 Å². The van der Waals surface area contributed by atoms with Crippen molar-refractivity contribution in [1.82, 2.24) is 20.2 Å². The summed E-state index contributed by atoms with van der Waals surface area (Å²) in [6.07, 6.45) is 0. The van der Waals surface area contributed by atoms with Crippen molar-refractivity contribution in [1.29, 1.82) is 0 Å². The molecule has 0 bridgehead atoms. The summed E-state index contributed by atoms with van der Waals surface area (Å²) < 4.78 is 6.54. The second kappa shape index (κ2) is 4.37. The summed E-state index contributed by atoms with van der Waals surface area (Å²) in [7, 11) is 1.59. The van der Waals surface area contributed by atoms with Gasteiger partial charge in [0.25, 0.3) is 0 Å². The molecule has 0 amide bonds. The Balaban J connectivity index is 2.36. The Morgan fingerprint density at radius 3 is 2.73 bits per heavy atom. The van der Waals surface area contributed by atoms with Crippen molar-refractivity contribution < 1.29 is 4.74 Å². The number of nitrogens with zero attached hydrogens (tertiary/aromatic N) is 4. The van der Waals surface area contributed by atoms with Gasteiger partial charge < -0.3 is 4.74 Å². The average Bonchev–Trinajstić information content (AvgIpc) is 2.68. The zero-order valence-corrected chi connectivity index (χ0v) is 8.85. The molecular formula is C9H9ClN4O. The van der Waals surface area contributed by atoms with Crippen molar-refractivity contribution in [3.05, 3.63) is 29.3 Å². The maximum atomic E-state index is 5.79. The number of ether oxygens (including phenoxy) is 1. The number of hydrogen-bond donors (Lipinski definition) is 0. The molecule has 0 spiro atoms. The number of hydrogen-bond acceptors (Lipinski definition) is 4. The molecule has 2 rings (SSSR count). The van der Waals surface area contributed by atoms with Crippen LogP contribution in [0.2, 0.25) is 5.02 Å². The fraction of sp³-hybridized carbons (Fsp3) is 0.222. The van der Waals surface area contributed by atoms with Crippen molar-refractivity contribution >= 4 is 11.6 Å². The van der Waals surface area contributed by atoms with Crippen LogP contribution in [0.25, 0.3) is 11.4 Å².